The lowest BCUT2D eigenvalue weighted by Gasteiger charge is -2.17. The Bertz CT molecular complexity index is 224. The highest BCUT2D eigenvalue weighted by Gasteiger charge is 2.16. The fourth-order valence-electron chi connectivity index (χ4n) is 0.794. The van der Waals surface area contributed by atoms with Crippen molar-refractivity contribution >= 4 is 5.78 Å². The first kappa shape index (κ1) is 12.1. The zero-order valence-corrected chi connectivity index (χ0v) is 8.19. The predicted octanol–water partition coefficient (Wildman–Crippen LogP) is 0.820. The van der Waals surface area contributed by atoms with Crippen molar-refractivity contribution in [1.82, 2.24) is 0 Å². The summed E-state index contributed by atoms with van der Waals surface area (Å²) in [4.78, 5) is 9.44. The van der Waals surface area contributed by atoms with Crippen molar-refractivity contribution in [2.75, 3.05) is 0 Å². The molecule has 0 aliphatic heterocycles. The van der Waals surface area contributed by atoms with Crippen LogP contribution in [0.15, 0.2) is 23.8 Å². The topological polar surface area (TPSA) is 57.5 Å². The third kappa shape index (κ3) is 5.33. The molecule has 3 nitrogen and oxygen atoms in total. The summed E-state index contributed by atoms with van der Waals surface area (Å²) >= 11 is 0. The second kappa shape index (κ2) is 5.67. The van der Waals surface area contributed by atoms with Crippen LogP contribution in [-0.2, 0) is 4.79 Å². The molecule has 0 fully saturated rings. The van der Waals surface area contributed by atoms with E-state index in [0.717, 1.165) is 5.57 Å². The van der Waals surface area contributed by atoms with Crippen LogP contribution in [-0.4, -0.2) is 28.2 Å². The van der Waals surface area contributed by atoms with Crippen molar-refractivity contribution in [3.8, 4) is 0 Å². The lowest BCUT2D eigenvalue weighted by atomic mass is 10.0. The molecular weight excluding hydrogens is 168 g/mol. The van der Waals surface area contributed by atoms with Gasteiger partial charge < -0.3 is 15.0 Å². The van der Waals surface area contributed by atoms with E-state index in [1.54, 1.807) is 25.2 Å². The highest BCUT2D eigenvalue weighted by molar-refractivity contribution is 5.72. The minimum atomic E-state index is -0.713. The van der Waals surface area contributed by atoms with Crippen molar-refractivity contribution in [2.24, 2.45) is 0 Å². The van der Waals surface area contributed by atoms with Gasteiger partial charge >= 0.3 is 0 Å². The van der Waals surface area contributed by atoms with Crippen LogP contribution in [0.4, 0.5) is 0 Å². The van der Waals surface area contributed by atoms with Gasteiger partial charge in [0.05, 0.1) is 0 Å². The summed E-state index contributed by atoms with van der Waals surface area (Å²) in [5.41, 5.74) is 0.810. The van der Waals surface area contributed by atoms with E-state index in [4.69, 9.17) is 10.2 Å². The largest absolute Gasteiger partial charge is 0.386 e. The molecule has 3 heteroatoms. The second-order valence-electron chi connectivity index (χ2n) is 3.14. The molecule has 0 aromatic heterocycles. The van der Waals surface area contributed by atoms with Gasteiger partial charge in [0, 0.05) is 0 Å². The molecule has 74 valence electrons. The zero-order valence-electron chi connectivity index (χ0n) is 8.19. The minimum absolute atomic E-state index is 0.167. The number of rotatable bonds is 0. The summed E-state index contributed by atoms with van der Waals surface area (Å²) in [7, 11) is 0. The van der Waals surface area contributed by atoms with Gasteiger partial charge in [0.25, 0.3) is 0 Å². The number of aliphatic hydroxyl groups is 2. The Kier molecular flexibility index (Phi) is 5.26. The molecule has 0 saturated heterocycles. The molecule has 0 aromatic rings. The van der Waals surface area contributed by atoms with Gasteiger partial charge in [-0.25, -0.2) is 0 Å². The highest BCUT2D eigenvalue weighted by Crippen LogP contribution is 2.11. The van der Waals surface area contributed by atoms with Gasteiger partial charge in [-0.05, 0) is 26.3 Å². The second-order valence-corrected chi connectivity index (χ2v) is 3.14. The van der Waals surface area contributed by atoms with E-state index >= 15 is 0 Å². The molecule has 0 bridgehead atoms. The molecule has 0 amide bonds. The molecule has 2 N–H and O–H groups in total. The minimum Gasteiger partial charge on any atom is -0.386 e. The van der Waals surface area contributed by atoms with E-state index in [1.807, 2.05) is 0 Å². The summed E-state index contributed by atoms with van der Waals surface area (Å²) in [5.74, 6) is 0.167. The van der Waals surface area contributed by atoms with Crippen molar-refractivity contribution < 1.29 is 15.0 Å². The first-order valence-electron chi connectivity index (χ1n) is 4.13. The van der Waals surface area contributed by atoms with Crippen molar-refractivity contribution in [2.45, 2.75) is 33.0 Å². The Morgan fingerprint density at radius 1 is 1.38 bits per heavy atom. The van der Waals surface area contributed by atoms with Crippen LogP contribution in [0.2, 0.25) is 0 Å². The third-order valence-electron chi connectivity index (χ3n) is 1.46. The summed E-state index contributed by atoms with van der Waals surface area (Å²) in [6, 6.07) is 0. The number of ketones is 1. The third-order valence-corrected chi connectivity index (χ3v) is 1.46. The number of allylic oxidation sites excluding steroid dienone is 2. The number of Topliss-reactive ketones (excluding diaryl/α,β-unsaturated/α-hetero) is 1. The fraction of sp³-hybridized carbons (Fsp3) is 0.500. The van der Waals surface area contributed by atoms with Crippen LogP contribution in [0.3, 0.4) is 0 Å². The molecule has 0 heterocycles. The summed E-state index contributed by atoms with van der Waals surface area (Å²) < 4.78 is 0. The van der Waals surface area contributed by atoms with Gasteiger partial charge in [0.2, 0.25) is 0 Å². The summed E-state index contributed by atoms with van der Waals surface area (Å²) in [6.45, 7) is 4.84. The molecule has 13 heavy (non-hydrogen) atoms. The number of aliphatic hydroxyl groups excluding tert-OH is 2. The molecule has 0 spiro atoms. The number of hydrogen-bond donors (Lipinski definition) is 2. The maximum absolute atomic E-state index is 9.44. The Balaban J connectivity index is 0.000000310. The van der Waals surface area contributed by atoms with Crippen LogP contribution in [0.25, 0.3) is 0 Å². The Labute approximate surface area is 78.4 Å². The average Bonchev–Trinajstić information content (AvgIpc) is 1.99. The van der Waals surface area contributed by atoms with Crippen molar-refractivity contribution in [3.05, 3.63) is 23.8 Å². The van der Waals surface area contributed by atoms with Gasteiger partial charge in [-0.2, -0.15) is 0 Å². The fourth-order valence-corrected chi connectivity index (χ4v) is 0.794. The Hall–Kier alpha value is -0.930. The first-order valence-corrected chi connectivity index (χ1v) is 4.13. The molecule has 2 unspecified atom stereocenters. The summed E-state index contributed by atoms with van der Waals surface area (Å²) in [6.07, 6.45) is 3.69. The molecule has 0 saturated carbocycles. The van der Waals surface area contributed by atoms with Crippen LogP contribution < -0.4 is 0 Å². The number of carbonyl (C=O) groups is 1. The lowest BCUT2D eigenvalue weighted by molar-refractivity contribution is -0.114. The first-order chi connectivity index (χ1) is 5.95. The van der Waals surface area contributed by atoms with Crippen LogP contribution >= 0.6 is 0 Å². The number of carbonyl (C=O) groups excluding carboxylic acids is 1. The highest BCUT2D eigenvalue weighted by atomic mass is 16.3. The van der Waals surface area contributed by atoms with E-state index < -0.39 is 12.2 Å². The maximum atomic E-state index is 9.44. The molecule has 1 rings (SSSR count). The van der Waals surface area contributed by atoms with Crippen LogP contribution in [0.1, 0.15) is 20.8 Å². The van der Waals surface area contributed by atoms with Crippen LogP contribution in [0.5, 0.6) is 0 Å². The molecule has 1 aliphatic rings. The van der Waals surface area contributed by atoms with Gasteiger partial charge in [-0.1, -0.05) is 18.2 Å². The van der Waals surface area contributed by atoms with Crippen LogP contribution in [0, 0.1) is 0 Å². The molecule has 0 radical (unpaired) electrons. The Morgan fingerprint density at radius 3 is 2.15 bits per heavy atom. The zero-order chi connectivity index (χ0) is 10.4. The van der Waals surface area contributed by atoms with Crippen molar-refractivity contribution in [3.63, 3.8) is 0 Å². The van der Waals surface area contributed by atoms with E-state index in [0.29, 0.717) is 0 Å². The van der Waals surface area contributed by atoms with Gasteiger partial charge in [-0.15, -0.1) is 0 Å². The smallest absolute Gasteiger partial charge is 0.126 e. The molecule has 1 aliphatic carbocycles. The Morgan fingerprint density at radius 2 is 1.85 bits per heavy atom. The van der Waals surface area contributed by atoms with Gasteiger partial charge in [0.15, 0.2) is 0 Å². The molecule has 0 aromatic carbocycles. The number of hydrogen-bond acceptors (Lipinski definition) is 3. The lowest BCUT2D eigenvalue weighted by Crippen LogP contribution is -2.26. The van der Waals surface area contributed by atoms with E-state index in [-0.39, 0.29) is 5.78 Å². The van der Waals surface area contributed by atoms with E-state index in [2.05, 4.69) is 0 Å². The van der Waals surface area contributed by atoms with Crippen molar-refractivity contribution in [1.29, 1.82) is 0 Å². The standard InChI is InChI=1S/C7H10O2.C3H6O/c1-5-3-2-4-6(8)7(5)9;1-3(2)4/h2-4,6-9H,1H3;1-2H3. The monoisotopic (exact) mass is 184 g/mol. The van der Waals surface area contributed by atoms with E-state index in [9.17, 15) is 4.79 Å². The molecule has 2 atom stereocenters. The van der Waals surface area contributed by atoms with E-state index in [1.165, 1.54) is 13.8 Å². The predicted molar refractivity (Wildman–Crippen MR) is 51.3 cm³/mol. The molecular formula is C10H16O3. The van der Waals surface area contributed by atoms with Gasteiger partial charge in [-0.3, -0.25) is 0 Å². The average molecular weight is 184 g/mol. The van der Waals surface area contributed by atoms with Gasteiger partial charge in [0.1, 0.15) is 18.0 Å². The SMILES string of the molecule is CC(C)=O.CC1=CC=CC(O)C1O. The quantitative estimate of drug-likeness (QED) is 0.586. The summed E-state index contributed by atoms with van der Waals surface area (Å²) in [5, 5.41) is 18.0. The maximum Gasteiger partial charge on any atom is 0.126 e. The normalized spacial score (nSPS) is 25.8.